The summed E-state index contributed by atoms with van der Waals surface area (Å²) in [5.74, 6) is -0.331. The highest BCUT2D eigenvalue weighted by Crippen LogP contribution is 2.33. The zero-order chi connectivity index (χ0) is 25.9. The number of hydrogen-bond acceptors (Lipinski definition) is 10. The van der Waals surface area contributed by atoms with Crippen LogP contribution in [0.15, 0.2) is 52.7 Å². The van der Waals surface area contributed by atoms with Gasteiger partial charge in [-0.15, -0.1) is 11.3 Å². The Labute approximate surface area is 221 Å². The lowest BCUT2D eigenvalue weighted by Crippen LogP contribution is -2.24. The van der Waals surface area contributed by atoms with Crippen LogP contribution in [0.5, 0.6) is 0 Å². The van der Waals surface area contributed by atoms with E-state index in [9.17, 15) is 18.3 Å². The first-order valence-electron chi connectivity index (χ1n) is 11.0. The van der Waals surface area contributed by atoms with E-state index in [0.717, 1.165) is 15.6 Å². The molecule has 1 aliphatic carbocycles. The number of carbonyl (C=O) groups excluding carboxylic acids is 1. The van der Waals surface area contributed by atoms with Crippen LogP contribution in [-0.4, -0.2) is 55.1 Å². The number of nitrogens with zero attached hydrogens (tertiary/aromatic N) is 2. The first kappa shape index (κ1) is 26.8. The molecule has 0 unspecified atom stereocenters. The van der Waals surface area contributed by atoms with Gasteiger partial charge in [0.2, 0.25) is 5.78 Å². The average molecular weight is 598 g/mol. The Bertz CT molecular complexity index is 1340. The summed E-state index contributed by atoms with van der Waals surface area (Å²) >= 11 is 4.78. The fourth-order valence-corrected chi connectivity index (χ4v) is 5.92. The Morgan fingerprint density at radius 2 is 2.14 bits per heavy atom. The maximum absolute atomic E-state index is 13.4. The van der Waals surface area contributed by atoms with Gasteiger partial charge in [0, 0.05) is 29.7 Å². The van der Waals surface area contributed by atoms with E-state index in [2.05, 4.69) is 35.4 Å². The maximum Gasteiger partial charge on any atom is 0.333 e. The standard InChI is InChI=1S/C23H25BrN4O6S2/c1-33-22(13-3-2-4-16(24)5-13)15-7-20(35-11-15)21(30)18-9-26-12-27-23(18)28-17-6-14(19(29)8-17)10-34-36(25,31)32/h2-5,7,9,11-12,14,17,19,22,29H,6,8,10H2,1H3,(H2,25,31,32)(H,26,27,28)/t14-,17-,19+,22+/m1/s1. The van der Waals surface area contributed by atoms with E-state index in [1.165, 1.54) is 23.9 Å². The number of aromatic nitrogens is 2. The van der Waals surface area contributed by atoms with Crippen molar-refractivity contribution in [2.75, 3.05) is 19.0 Å². The Hall–Kier alpha value is -2.26. The van der Waals surface area contributed by atoms with Crippen molar-refractivity contribution in [2.24, 2.45) is 11.1 Å². The molecule has 4 N–H and O–H groups in total. The van der Waals surface area contributed by atoms with Crippen LogP contribution in [0.4, 0.5) is 5.82 Å². The Balaban J connectivity index is 1.49. The summed E-state index contributed by atoms with van der Waals surface area (Å²) in [7, 11) is -2.47. The molecule has 0 amide bonds. The van der Waals surface area contributed by atoms with Crippen LogP contribution in [0.2, 0.25) is 0 Å². The number of anilines is 1. The quantitative estimate of drug-likeness (QED) is 0.299. The van der Waals surface area contributed by atoms with Gasteiger partial charge in [-0.25, -0.2) is 15.1 Å². The van der Waals surface area contributed by atoms with E-state index in [1.54, 1.807) is 13.2 Å². The number of aliphatic hydroxyl groups excluding tert-OH is 1. The van der Waals surface area contributed by atoms with Gasteiger partial charge in [-0.05, 0) is 47.5 Å². The lowest BCUT2D eigenvalue weighted by Gasteiger charge is -2.16. The van der Waals surface area contributed by atoms with Crippen molar-refractivity contribution < 1.29 is 27.2 Å². The van der Waals surface area contributed by atoms with E-state index in [-0.39, 0.29) is 24.5 Å². The molecule has 36 heavy (non-hydrogen) atoms. The predicted molar refractivity (Wildman–Crippen MR) is 138 cm³/mol. The molecule has 13 heteroatoms. The molecule has 4 atom stereocenters. The third kappa shape index (κ3) is 6.54. The molecule has 3 aromatic rings. The van der Waals surface area contributed by atoms with Crippen LogP contribution < -0.4 is 10.5 Å². The number of carbonyl (C=O) groups is 1. The predicted octanol–water partition coefficient (Wildman–Crippen LogP) is 3.04. The SMILES string of the molecule is CO[C@@H](c1cccc(Br)c1)c1csc(C(=O)c2cncnc2N[C@@H]2C[C@H](COS(N)(=O)=O)[C@@H](O)C2)c1. The minimum absolute atomic E-state index is 0.218. The van der Waals surface area contributed by atoms with Gasteiger partial charge >= 0.3 is 10.3 Å². The molecule has 0 saturated heterocycles. The number of aliphatic hydroxyl groups is 1. The second-order valence-electron chi connectivity index (χ2n) is 8.45. The molecule has 1 saturated carbocycles. The molecule has 1 aromatic carbocycles. The number of halogens is 1. The van der Waals surface area contributed by atoms with Crippen LogP contribution in [0.3, 0.4) is 0 Å². The second-order valence-corrected chi connectivity index (χ2v) is 11.5. The van der Waals surface area contributed by atoms with Crippen molar-refractivity contribution in [3.63, 3.8) is 0 Å². The molecular weight excluding hydrogens is 572 g/mol. The van der Waals surface area contributed by atoms with Gasteiger partial charge < -0.3 is 15.2 Å². The molecule has 1 aliphatic rings. The summed E-state index contributed by atoms with van der Waals surface area (Å²) < 4.78 is 33.4. The lowest BCUT2D eigenvalue weighted by atomic mass is 10.0. The number of nitrogens with one attached hydrogen (secondary N) is 1. The summed E-state index contributed by atoms with van der Waals surface area (Å²) in [6.07, 6.45) is 2.42. The van der Waals surface area contributed by atoms with Gasteiger partial charge in [-0.3, -0.25) is 8.98 Å². The molecule has 192 valence electrons. The van der Waals surface area contributed by atoms with Gasteiger partial charge in [0.1, 0.15) is 18.2 Å². The Morgan fingerprint density at radius 3 is 2.86 bits per heavy atom. The normalized spacial score (nSPS) is 20.8. The first-order chi connectivity index (χ1) is 17.1. The van der Waals surface area contributed by atoms with Crippen molar-refractivity contribution in [2.45, 2.75) is 31.1 Å². The van der Waals surface area contributed by atoms with Crippen LogP contribution in [-0.2, 0) is 19.2 Å². The van der Waals surface area contributed by atoms with E-state index >= 15 is 0 Å². The smallest absolute Gasteiger partial charge is 0.333 e. The number of hydrogen-bond donors (Lipinski definition) is 3. The van der Waals surface area contributed by atoms with Crippen molar-refractivity contribution >= 4 is 49.2 Å². The van der Waals surface area contributed by atoms with Crippen molar-refractivity contribution in [3.05, 3.63) is 74.3 Å². The molecule has 0 radical (unpaired) electrons. The average Bonchev–Trinajstić information content (AvgIpc) is 3.44. The van der Waals surface area contributed by atoms with Gasteiger partial charge in [0.15, 0.2) is 0 Å². The Morgan fingerprint density at radius 1 is 1.33 bits per heavy atom. The number of thiophene rings is 1. The number of rotatable bonds is 10. The second kappa shape index (κ2) is 11.4. The molecule has 4 rings (SSSR count). The molecule has 1 fully saturated rings. The number of ether oxygens (including phenoxy) is 1. The molecule has 2 aromatic heterocycles. The Kier molecular flexibility index (Phi) is 8.50. The maximum atomic E-state index is 13.4. The van der Waals surface area contributed by atoms with E-state index < -0.39 is 22.3 Å². The minimum Gasteiger partial charge on any atom is -0.393 e. The van der Waals surface area contributed by atoms with Gasteiger partial charge in [0.05, 0.1) is 23.2 Å². The first-order valence-corrected chi connectivity index (χ1v) is 14.1. The molecular formula is C23H25BrN4O6S2. The van der Waals surface area contributed by atoms with Gasteiger partial charge in [0.25, 0.3) is 0 Å². The van der Waals surface area contributed by atoms with E-state index in [0.29, 0.717) is 29.1 Å². The third-order valence-electron chi connectivity index (χ3n) is 5.93. The van der Waals surface area contributed by atoms with E-state index in [4.69, 9.17) is 9.88 Å². The number of ketones is 1. The summed E-state index contributed by atoms with van der Waals surface area (Å²) in [5, 5.41) is 20.3. The fourth-order valence-electron chi connectivity index (χ4n) is 4.26. The molecule has 0 bridgehead atoms. The molecule has 2 heterocycles. The van der Waals surface area contributed by atoms with Gasteiger partial charge in [-0.1, -0.05) is 28.1 Å². The third-order valence-corrected chi connectivity index (χ3v) is 7.84. The number of methoxy groups -OCH3 is 1. The van der Waals surface area contributed by atoms with E-state index in [1.807, 2.05) is 29.6 Å². The lowest BCUT2D eigenvalue weighted by molar-refractivity contribution is 0.101. The van der Waals surface area contributed by atoms with Crippen LogP contribution in [0.25, 0.3) is 0 Å². The van der Waals surface area contributed by atoms with Crippen LogP contribution in [0.1, 0.15) is 45.3 Å². The molecule has 0 spiro atoms. The highest BCUT2D eigenvalue weighted by atomic mass is 79.9. The molecule has 10 nitrogen and oxygen atoms in total. The van der Waals surface area contributed by atoms with Crippen molar-refractivity contribution in [1.82, 2.24) is 9.97 Å². The zero-order valence-electron chi connectivity index (χ0n) is 19.2. The number of benzene rings is 1. The summed E-state index contributed by atoms with van der Waals surface area (Å²) in [5.41, 5.74) is 2.10. The minimum atomic E-state index is -4.09. The topological polar surface area (TPSA) is 154 Å². The summed E-state index contributed by atoms with van der Waals surface area (Å²) in [6, 6.07) is 9.35. The van der Waals surface area contributed by atoms with Crippen LogP contribution in [0, 0.1) is 5.92 Å². The largest absolute Gasteiger partial charge is 0.393 e. The monoisotopic (exact) mass is 596 g/mol. The fraction of sp³-hybridized carbons (Fsp3) is 0.348. The molecule has 0 aliphatic heterocycles. The summed E-state index contributed by atoms with van der Waals surface area (Å²) in [4.78, 5) is 22.2. The van der Waals surface area contributed by atoms with Crippen LogP contribution >= 0.6 is 27.3 Å². The van der Waals surface area contributed by atoms with Gasteiger partial charge in [-0.2, -0.15) is 8.42 Å². The number of nitrogens with two attached hydrogens (primary N) is 1. The highest BCUT2D eigenvalue weighted by molar-refractivity contribution is 9.10. The highest BCUT2D eigenvalue weighted by Gasteiger charge is 2.35. The van der Waals surface area contributed by atoms with Crippen molar-refractivity contribution in [3.8, 4) is 0 Å². The zero-order valence-corrected chi connectivity index (χ0v) is 22.4. The summed E-state index contributed by atoms with van der Waals surface area (Å²) in [6.45, 7) is -0.218. The van der Waals surface area contributed by atoms with Crippen molar-refractivity contribution in [1.29, 1.82) is 0 Å².